The molecule has 0 spiro atoms. The zero-order chi connectivity index (χ0) is 14.0. The van der Waals surface area contributed by atoms with Gasteiger partial charge >= 0.3 is 5.51 Å². The van der Waals surface area contributed by atoms with E-state index in [1.54, 1.807) is 6.07 Å². The number of alkyl halides is 3. The minimum Gasteiger partial charge on any atom is -0.395 e. The van der Waals surface area contributed by atoms with Gasteiger partial charge in [0.25, 0.3) is 9.84 Å². The molecule has 1 rings (SSSR count). The SMILES string of the molecule is N#CC(CO)c1ccccc1S(=O)(=O)C(F)(F)F. The van der Waals surface area contributed by atoms with Crippen molar-refractivity contribution in [3.8, 4) is 6.07 Å². The Morgan fingerprint density at radius 2 is 1.89 bits per heavy atom. The van der Waals surface area contributed by atoms with E-state index in [1.807, 2.05) is 0 Å². The summed E-state index contributed by atoms with van der Waals surface area (Å²) in [7, 11) is -5.53. The van der Waals surface area contributed by atoms with Crippen LogP contribution < -0.4 is 0 Å². The monoisotopic (exact) mass is 279 g/mol. The van der Waals surface area contributed by atoms with Crippen molar-refractivity contribution in [2.24, 2.45) is 0 Å². The number of halogens is 3. The van der Waals surface area contributed by atoms with Gasteiger partial charge in [0.2, 0.25) is 0 Å². The zero-order valence-corrected chi connectivity index (χ0v) is 9.66. The summed E-state index contributed by atoms with van der Waals surface area (Å²) in [5.74, 6) is -1.32. The fourth-order valence-corrected chi connectivity index (χ4v) is 2.37. The molecule has 1 unspecified atom stereocenters. The molecule has 0 bridgehead atoms. The Labute approximate surface area is 101 Å². The van der Waals surface area contributed by atoms with Crippen molar-refractivity contribution < 1.29 is 26.7 Å². The normalized spacial score (nSPS) is 13.9. The maximum atomic E-state index is 12.4. The van der Waals surface area contributed by atoms with Crippen molar-refractivity contribution >= 4 is 9.84 Å². The van der Waals surface area contributed by atoms with E-state index in [2.05, 4.69) is 0 Å². The Kier molecular flexibility index (Phi) is 3.98. The van der Waals surface area contributed by atoms with Crippen molar-refractivity contribution in [1.82, 2.24) is 0 Å². The molecule has 0 aliphatic heterocycles. The predicted octanol–water partition coefficient (Wildman–Crippen LogP) is 1.58. The van der Waals surface area contributed by atoms with E-state index in [9.17, 15) is 21.6 Å². The van der Waals surface area contributed by atoms with Crippen LogP contribution in [0.15, 0.2) is 29.2 Å². The van der Waals surface area contributed by atoms with Crippen LogP contribution in [-0.2, 0) is 9.84 Å². The first-order chi connectivity index (χ1) is 8.25. The summed E-state index contributed by atoms with van der Waals surface area (Å²) in [6.45, 7) is -0.763. The molecule has 98 valence electrons. The largest absolute Gasteiger partial charge is 0.501 e. The molecule has 0 fully saturated rings. The molecule has 0 aliphatic rings. The predicted molar refractivity (Wildman–Crippen MR) is 55.1 cm³/mol. The molecule has 0 aromatic heterocycles. The van der Waals surface area contributed by atoms with Crippen molar-refractivity contribution in [2.75, 3.05) is 6.61 Å². The van der Waals surface area contributed by atoms with Gasteiger partial charge in [0.1, 0.15) is 0 Å². The molecule has 1 atom stereocenters. The minimum atomic E-state index is -5.53. The highest BCUT2D eigenvalue weighted by Gasteiger charge is 2.48. The third kappa shape index (κ3) is 2.47. The van der Waals surface area contributed by atoms with Crippen molar-refractivity contribution in [1.29, 1.82) is 5.26 Å². The quantitative estimate of drug-likeness (QED) is 0.911. The van der Waals surface area contributed by atoms with Gasteiger partial charge in [0.15, 0.2) is 0 Å². The maximum absolute atomic E-state index is 12.4. The Morgan fingerprint density at radius 3 is 2.33 bits per heavy atom. The van der Waals surface area contributed by atoms with Gasteiger partial charge < -0.3 is 5.11 Å². The highest BCUT2D eigenvalue weighted by molar-refractivity contribution is 7.92. The summed E-state index contributed by atoms with van der Waals surface area (Å²) in [4.78, 5) is -1.00. The van der Waals surface area contributed by atoms with Crippen LogP contribution in [0.5, 0.6) is 0 Å². The van der Waals surface area contributed by atoms with E-state index in [4.69, 9.17) is 10.4 Å². The number of rotatable bonds is 3. The van der Waals surface area contributed by atoms with Crippen LogP contribution in [0.3, 0.4) is 0 Å². The average Bonchev–Trinajstić information content (AvgIpc) is 2.29. The van der Waals surface area contributed by atoms with Crippen LogP contribution in [0, 0.1) is 11.3 Å². The van der Waals surface area contributed by atoms with E-state index in [0.29, 0.717) is 0 Å². The Bertz CT molecular complexity index is 575. The topological polar surface area (TPSA) is 78.2 Å². The van der Waals surface area contributed by atoms with E-state index in [-0.39, 0.29) is 5.56 Å². The van der Waals surface area contributed by atoms with E-state index >= 15 is 0 Å². The Balaban J connectivity index is 3.50. The van der Waals surface area contributed by atoms with E-state index in [1.165, 1.54) is 6.07 Å². The summed E-state index contributed by atoms with van der Waals surface area (Å²) in [6.07, 6.45) is 0. The summed E-state index contributed by atoms with van der Waals surface area (Å²) < 4.78 is 59.9. The molecule has 0 saturated carbocycles. The van der Waals surface area contributed by atoms with Gasteiger partial charge in [-0.05, 0) is 11.6 Å². The first-order valence-electron chi connectivity index (χ1n) is 4.66. The number of sulfone groups is 1. The molecule has 0 radical (unpaired) electrons. The van der Waals surface area contributed by atoms with Gasteiger partial charge in [0.05, 0.1) is 23.5 Å². The van der Waals surface area contributed by atoms with Crippen LogP contribution in [0.4, 0.5) is 13.2 Å². The van der Waals surface area contributed by atoms with Crippen LogP contribution in [0.1, 0.15) is 11.5 Å². The van der Waals surface area contributed by atoms with Crippen LogP contribution >= 0.6 is 0 Å². The fraction of sp³-hybridized carbons (Fsp3) is 0.300. The molecule has 8 heteroatoms. The summed E-state index contributed by atoms with van der Waals surface area (Å²) in [5.41, 5.74) is -5.81. The second-order valence-electron chi connectivity index (χ2n) is 3.35. The molecule has 0 amide bonds. The summed E-state index contributed by atoms with van der Waals surface area (Å²) in [5, 5.41) is 17.6. The van der Waals surface area contributed by atoms with Crippen LogP contribution in [-0.4, -0.2) is 25.6 Å². The lowest BCUT2D eigenvalue weighted by molar-refractivity contribution is -0.0436. The number of aliphatic hydroxyl groups excluding tert-OH is 1. The Hall–Kier alpha value is -1.59. The lowest BCUT2D eigenvalue weighted by Gasteiger charge is -2.14. The molecule has 0 saturated heterocycles. The minimum absolute atomic E-state index is 0.361. The number of hydrogen-bond donors (Lipinski definition) is 1. The highest BCUT2D eigenvalue weighted by atomic mass is 32.2. The van der Waals surface area contributed by atoms with Gasteiger partial charge in [0, 0.05) is 0 Å². The second kappa shape index (κ2) is 4.96. The number of nitriles is 1. The third-order valence-corrected chi connectivity index (χ3v) is 3.79. The number of aliphatic hydroxyl groups is 1. The smallest absolute Gasteiger partial charge is 0.395 e. The van der Waals surface area contributed by atoms with E-state index < -0.39 is 32.8 Å². The van der Waals surface area contributed by atoms with Gasteiger partial charge in [-0.3, -0.25) is 0 Å². The van der Waals surface area contributed by atoms with Crippen LogP contribution in [0.25, 0.3) is 0 Å². The number of benzene rings is 1. The summed E-state index contributed by atoms with van der Waals surface area (Å²) >= 11 is 0. The molecule has 1 aromatic carbocycles. The number of hydrogen-bond acceptors (Lipinski definition) is 4. The Morgan fingerprint density at radius 1 is 1.33 bits per heavy atom. The average molecular weight is 279 g/mol. The van der Waals surface area contributed by atoms with Crippen molar-refractivity contribution in [3.05, 3.63) is 29.8 Å². The lowest BCUT2D eigenvalue weighted by atomic mass is 10.0. The molecule has 4 nitrogen and oxygen atoms in total. The first-order valence-corrected chi connectivity index (χ1v) is 6.14. The number of nitrogens with zero attached hydrogens (tertiary/aromatic N) is 1. The first kappa shape index (κ1) is 14.5. The molecular formula is C10H8F3NO3S. The third-order valence-electron chi connectivity index (χ3n) is 2.23. The zero-order valence-electron chi connectivity index (χ0n) is 8.85. The van der Waals surface area contributed by atoms with Crippen molar-refractivity contribution in [3.63, 3.8) is 0 Å². The maximum Gasteiger partial charge on any atom is 0.501 e. The molecular weight excluding hydrogens is 271 g/mol. The summed E-state index contributed by atoms with van der Waals surface area (Å²) in [6, 6.07) is 5.80. The van der Waals surface area contributed by atoms with Crippen molar-refractivity contribution in [2.45, 2.75) is 16.3 Å². The highest BCUT2D eigenvalue weighted by Crippen LogP contribution is 2.34. The fourth-order valence-electron chi connectivity index (χ4n) is 1.35. The molecule has 0 aliphatic carbocycles. The molecule has 18 heavy (non-hydrogen) atoms. The lowest BCUT2D eigenvalue weighted by Crippen LogP contribution is -2.25. The standard InChI is InChI=1S/C10H8F3NO3S/c11-10(12,13)18(16,17)9-4-2-1-3-8(9)7(5-14)6-15/h1-4,7,15H,6H2. The van der Waals surface area contributed by atoms with Gasteiger partial charge in [-0.2, -0.15) is 18.4 Å². The van der Waals surface area contributed by atoms with Crippen LogP contribution in [0.2, 0.25) is 0 Å². The second-order valence-corrected chi connectivity index (χ2v) is 5.26. The molecule has 0 heterocycles. The van der Waals surface area contributed by atoms with Gasteiger partial charge in [-0.1, -0.05) is 18.2 Å². The van der Waals surface area contributed by atoms with Gasteiger partial charge in [-0.15, -0.1) is 0 Å². The van der Waals surface area contributed by atoms with Gasteiger partial charge in [-0.25, -0.2) is 8.42 Å². The van der Waals surface area contributed by atoms with E-state index in [0.717, 1.165) is 18.2 Å². The molecule has 1 N–H and O–H groups in total. The molecule has 1 aromatic rings.